The van der Waals surface area contributed by atoms with Gasteiger partial charge in [0.2, 0.25) is 6.35 Å². The molecule has 0 fully saturated rings. The average Bonchev–Trinajstić information content (AvgIpc) is 2.01. The maximum absolute atomic E-state index is 12.2. The largest absolute Gasteiger partial charge is 0.404 e. The summed E-state index contributed by atoms with van der Waals surface area (Å²) in [6.07, 6.45) is -5.65. The van der Waals surface area contributed by atoms with Crippen LogP contribution in [0, 0.1) is 0 Å². The summed E-state index contributed by atoms with van der Waals surface area (Å²) >= 11 is 0. The number of methoxy groups -OCH3 is 1. The highest BCUT2D eigenvalue weighted by Crippen LogP contribution is 2.24. The zero-order valence-corrected chi connectivity index (χ0v) is 6.93. The van der Waals surface area contributed by atoms with Gasteiger partial charge >= 0.3 is 6.18 Å². The molecular weight excluding hydrogens is 187 g/mol. The number of amidine groups is 1. The van der Waals surface area contributed by atoms with Crippen LogP contribution in [-0.2, 0) is 4.74 Å². The van der Waals surface area contributed by atoms with Crippen molar-refractivity contribution in [2.24, 2.45) is 10.7 Å². The van der Waals surface area contributed by atoms with E-state index in [0.717, 1.165) is 0 Å². The fourth-order valence-electron chi connectivity index (χ4n) is 1.01. The van der Waals surface area contributed by atoms with Gasteiger partial charge in [0.15, 0.2) is 0 Å². The van der Waals surface area contributed by atoms with Crippen LogP contribution in [0.3, 0.4) is 0 Å². The third-order valence-electron chi connectivity index (χ3n) is 1.66. The normalized spacial score (nSPS) is 30.0. The Hall–Kier alpha value is -0.820. The number of halogens is 3. The van der Waals surface area contributed by atoms with Crippen LogP contribution in [0.1, 0.15) is 6.42 Å². The van der Waals surface area contributed by atoms with Crippen LogP contribution in [-0.4, -0.2) is 31.5 Å². The van der Waals surface area contributed by atoms with Crippen molar-refractivity contribution >= 4 is 5.84 Å². The van der Waals surface area contributed by atoms with Crippen molar-refractivity contribution in [3.63, 3.8) is 0 Å². The van der Waals surface area contributed by atoms with Gasteiger partial charge in [0.25, 0.3) is 0 Å². The van der Waals surface area contributed by atoms with Gasteiger partial charge in [0, 0.05) is 13.5 Å². The average molecular weight is 197 g/mol. The minimum Gasteiger partial charge on any atom is -0.387 e. The maximum Gasteiger partial charge on any atom is 0.404 e. The molecule has 0 aromatic heterocycles. The molecule has 1 heterocycles. The van der Waals surface area contributed by atoms with E-state index < -0.39 is 18.6 Å². The molecule has 0 aliphatic carbocycles. The molecule has 0 amide bonds. The topological polar surface area (TPSA) is 59.6 Å². The first-order valence-electron chi connectivity index (χ1n) is 3.61. The maximum atomic E-state index is 12.2. The molecule has 1 aliphatic rings. The number of hydrogen-bond acceptors (Lipinski definition) is 4. The molecule has 2 atom stereocenters. The number of rotatable bonds is 1. The summed E-state index contributed by atoms with van der Waals surface area (Å²) in [7, 11) is 1.26. The molecule has 2 unspecified atom stereocenters. The van der Waals surface area contributed by atoms with Gasteiger partial charge in [0.05, 0.1) is 0 Å². The highest BCUT2D eigenvalue weighted by atomic mass is 19.4. The molecule has 0 saturated heterocycles. The molecule has 1 aliphatic heterocycles. The van der Waals surface area contributed by atoms with Crippen molar-refractivity contribution < 1.29 is 17.9 Å². The molecule has 7 heteroatoms. The lowest BCUT2D eigenvalue weighted by atomic mass is 10.1. The quantitative estimate of drug-likeness (QED) is 0.631. The van der Waals surface area contributed by atoms with Crippen molar-refractivity contribution in [3.05, 3.63) is 0 Å². The Morgan fingerprint density at radius 1 is 1.62 bits per heavy atom. The predicted octanol–water partition coefficient (Wildman–Crippen LogP) is 0.198. The molecule has 1 rings (SSSR count). The van der Waals surface area contributed by atoms with Gasteiger partial charge in [-0.2, -0.15) is 13.2 Å². The van der Waals surface area contributed by atoms with E-state index in [4.69, 9.17) is 5.73 Å². The van der Waals surface area contributed by atoms with Gasteiger partial charge in [-0.25, -0.2) is 4.99 Å². The fourth-order valence-corrected chi connectivity index (χ4v) is 1.01. The molecule has 0 aromatic carbocycles. The van der Waals surface area contributed by atoms with Crippen LogP contribution < -0.4 is 11.1 Å². The second-order valence-electron chi connectivity index (χ2n) is 2.67. The Kier molecular flexibility index (Phi) is 2.77. The van der Waals surface area contributed by atoms with E-state index >= 15 is 0 Å². The van der Waals surface area contributed by atoms with Gasteiger partial charge in [-0.05, 0) is 0 Å². The molecule has 0 bridgehead atoms. The molecule has 0 spiro atoms. The number of hydrogen-bond donors (Lipinski definition) is 2. The smallest absolute Gasteiger partial charge is 0.387 e. The van der Waals surface area contributed by atoms with E-state index in [1.54, 1.807) is 0 Å². The molecule has 3 N–H and O–H groups in total. The standard InChI is InChI=1S/C6H10F3N3O/c1-13-5-11-3(6(7,8)9)2-4(10)12-5/h3,5,11H,2H2,1H3,(H2,10,12). The Bertz CT molecular complexity index is 216. The predicted molar refractivity (Wildman–Crippen MR) is 40.0 cm³/mol. The molecule has 0 aromatic rings. The van der Waals surface area contributed by atoms with Gasteiger partial charge in [-0.15, -0.1) is 0 Å². The van der Waals surface area contributed by atoms with Crippen molar-refractivity contribution in [2.75, 3.05) is 7.11 Å². The lowest BCUT2D eigenvalue weighted by Crippen LogP contribution is -2.53. The Labute approximate surface area is 73.0 Å². The molecule has 13 heavy (non-hydrogen) atoms. The Morgan fingerprint density at radius 3 is 2.69 bits per heavy atom. The molecule has 0 radical (unpaired) electrons. The van der Waals surface area contributed by atoms with Crippen LogP contribution in [0.4, 0.5) is 13.2 Å². The van der Waals surface area contributed by atoms with Crippen molar-refractivity contribution in [2.45, 2.75) is 25.0 Å². The lowest BCUT2D eigenvalue weighted by molar-refractivity contribution is -0.164. The second kappa shape index (κ2) is 3.51. The number of nitrogens with two attached hydrogens (primary N) is 1. The second-order valence-corrected chi connectivity index (χ2v) is 2.67. The first-order chi connectivity index (χ1) is 5.93. The SMILES string of the molecule is COC1N=C(N)CC(C(F)(F)F)N1. The van der Waals surface area contributed by atoms with E-state index in [2.05, 4.69) is 15.0 Å². The summed E-state index contributed by atoms with van der Waals surface area (Å²) < 4.78 is 41.2. The highest BCUT2D eigenvalue weighted by Gasteiger charge is 2.42. The number of nitrogens with one attached hydrogen (secondary N) is 1. The Morgan fingerprint density at radius 2 is 2.23 bits per heavy atom. The lowest BCUT2D eigenvalue weighted by Gasteiger charge is -2.28. The van der Waals surface area contributed by atoms with Crippen LogP contribution in [0.25, 0.3) is 0 Å². The first kappa shape index (κ1) is 10.3. The van der Waals surface area contributed by atoms with Crippen molar-refractivity contribution in [1.82, 2.24) is 5.32 Å². The number of aliphatic imine (C=N–C) groups is 1. The van der Waals surface area contributed by atoms with E-state index in [1.807, 2.05) is 0 Å². The first-order valence-corrected chi connectivity index (χ1v) is 3.61. The van der Waals surface area contributed by atoms with Crippen LogP contribution >= 0.6 is 0 Å². The van der Waals surface area contributed by atoms with Gasteiger partial charge in [0.1, 0.15) is 11.9 Å². The minimum atomic E-state index is -4.32. The number of nitrogens with zero attached hydrogens (tertiary/aromatic N) is 1. The molecular formula is C6H10F3N3O. The Balaban J connectivity index is 2.69. The number of alkyl halides is 3. The van der Waals surface area contributed by atoms with Gasteiger partial charge in [-0.3, -0.25) is 5.32 Å². The van der Waals surface area contributed by atoms with Gasteiger partial charge < -0.3 is 10.5 Å². The number of ether oxygens (including phenoxy) is 1. The summed E-state index contributed by atoms with van der Waals surface area (Å²) in [6, 6.07) is -1.67. The summed E-state index contributed by atoms with van der Waals surface area (Å²) in [5.74, 6) is -0.0482. The summed E-state index contributed by atoms with van der Waals surface area (Å²) in [5.41, 5.74) is 5.22. The van der Waals surface area contributed by atoms with Crippen molar-refractivity contribution in [3.8, 4) is 0 Å². The molecule has 76 valence electrons. The fraction of sp³-hybridized carbons (Fsp3) is 0.833. The molecule has 0 saturated carbocycles. The van der Waals surface area contributed by atoms with Crippen LogP contribution in [0.15, 0.2) is 4.99 Å². The zero-order valence-electron chi connectivity index (χ0n) is 6.93. The van der Waals surface area contributed by atoms with Crippen molar-refractivity contribution in [1.29, 1.82) is 0 Å². The highest BCUT2D eigenvalue weighted by molar-refractivity contribution is 5.81. The summed E-state index contributed by atoms with van der Waals surface area (Å²) in [4.78, 5) is 3.63. The van der Waals surface area contributed by atoms with E-state index in [0.29, 0.717) is 0 Å². The van der Waals surface area contributed by atoms with Gasteiger partial charge in [-0.1, -0.05) is 0 Å². The molecule has 4 nitrogen and oxygen atoms in total. The zero-order chi connectivity index (χ0) is 10.1. The third-order valence-corrected chi connectivity index (χ3v) is 1.66. The third kappa shape index (κ3) is 2.56. The summed E-state index contributed by atoms with van der Waals surface area (Å²) in [5, 5.41) is 2.16. The van der Waals surface area contributed by atoms with Crippen LogP contribution in [0.5, 0.6) is 0 Å². The van der Waals surface area contributed by atoms with E-state index in [9.17, 15) is 13.2 Å². The monoisotopic (exact) mass is 197 g/mol. The summed E-state index contributed by atoms with van der Waals surface area (Å²) in [6.45, 7) is 0. The van der Waals surface area contributed by atoms with E-state index in [1.165, 1.54) is 7.11 Å². The van der Waals surface area contributed by atoms with E-state index in [-0.39, 0.29) is 12.3 Å². The minimum absolute atomic E-state index is 0.0482. The van der Waals surface area contributed by atoms with Crippen LogP contribution in [0.2, 0.25) is 0 Å².